The molecule has 0 heterocycles. The van der Waals surface area contributed by atoms with Crippen molar-refractivity contribution in [2.75, 3.05) is 19.8 Å². The van der Waals surface area contributed by atoms with E-state index in [0.717, 1.165) is 51.4 Å². The van der Waals surface area contributed by atoms with Crippen LogP contribution < -0.4 is 0 Å². The van der Waals surface area contributed by atoms with E-state index in [-0.39, 0.29) is 6.10 Å². The quantitative estimate of drug-likeness (QED) is 0.0652. The number of alkyl halides is 3. The Hall–Kier alpha value is -0.380. The largest absolute Gasteiger partial charge is 0.523 e. The molecule has 0 saturated heterocycles. The van der Waals surface area contributed by atoms with Gasteiger partial charge in [0.25, 0.3) is 0 Å². The van der Waals surface area contributed by atoms with Crippen molar-refractivity contribution in [3.8, 4) is 0 Å². The van der Waals surface area contributed by atoms with Gasteiger partial charge < -0.3 is 9.47 Å². The molecule has 0 bridgehead atoms. The van der Waals surface area contributed by atoms with Crippen LogP contribution in [0.2, 0.25) is 0 Å². The summed E-state index contributed by atoms with van der Waals surface area (Å²) < 4.78 is 77.5. The van der Waals surface area contributed by atoms with Crippen LogP contribution in [0.15, 0.2) is 0 Å². The van der Waals surface area contributed by atoms with Crippen molar-refractivity contribution in [2.45, 2.75) is 148 Å². The molecule has 0 spiro atoms. The molecule has 0 aromatic heterocycles. The topological polar surface area (TPSA) is 61.8 Å². The maximum Gasteiger partial charge on any atom is 0.523 e. The minimum absolute atomic E-state index is 0.306. The maximum atomic E-state index is 12.7. The van der Waals surface area contributed by atoms with Gasteiger partial charge in [-0.25, -0.2) is 0 Å². The highest BCUT2D eigenvalue weighted by molar-refractivity contribution is 7.87. The summed E-state index contributed by atoms with van der Waals surface area (Å²) in [6.45, 7) is 8.39. The zero-order valence-electron chi connectivity index (χ0n) is 23.3. The Balaban J connectivity index is 4.82. The van der Waals surface area contributed by atoms with Gasteiger partial charge in [0.15, 0.2) is 0 Å². The Morgan fingerprint density at radius 1 is 0.667 bits per heavy atom. The molecular formula is C27H53F3O5S. The average molecular weight is 547 g/mol. The van der Waals surface area contributed by atoms with E-state index in [1.54, 1.807) is 6.92 Å². The molecule has 218 valence electrons. The van der Waals surface area contributed by atoms with Gasteiger partial charge >= 0.3 is 15.6 Å². The van der Waals surface area contributed by atoms with Crippen molar-refractivity contribution in [1.29, 1.82) is 0 Å². The van der Waals surface area contributed by atoms with Crippen LogP contribution in [-0.2, 0) is 23.8 Å². The molecule has 0 aromatic carbocycles. The van der Waals surface area contributed by atoms with Gasteiger partial charge in [-0.3, -0.25) is 4.18 Å². The molecule has 3 atom stereocenters. The monoisotopic (exact) mass is 546 g/mol. The summed E-state index contributed by atoms with van der Waals surface area (Å²) in [5.74, 6) is -0.571. The second-order valence-electron chi connectivity index (χ2n) is 9.94. The van der Waals surface area contributed by atoms with E-state index in [2.05, 4.69) is 18.0 Å². The number of rotatable bonds is 25. The molecule has 0 unspecified atom stereocenters. The van der Waals surface area contributed by atoms with E-state index < -0.39 is 34.3 Å². The van der Waals surface area contributed by atoms with Crippen molar-refractivity contribution in [3.63, 3.8) is 0 Å². The molecule has 9 heteroatoms. The minimum Gasteiger partial charge on any atom is -0.376 e. The van der Waals surface area contributed by atoms with Gasteiger partial charge in [0.2, 0.25) is 0 Å². The first kappa shape index (κ1) is 35.6. The van der Waals surface area contributed by atoms with Gasteiger partial charge in [-0.15, -0.1) is 0 Å². The Morgan fingerprint density at radius 3 is 1.58 bits per heavy atom. The summed E-state index contributed by atoms with van der Waals surface area (Å²) in [6, 6.07) is 0. The lowest BCUT2D eigenvalue weighted by Gasteiger charge is -2.32. The van der Waals surface area contributed by atoms with Gasteiger partial charge in [-0.1, -0.05) is 111 Å². The Bertz CT molecular complexity index is 599. The smallest absolute Gasteiger partial charge is 0.376 e. The van der Waals surface area contributed by atoms with Gasteiger partial charge in [-0.05, 0) is 19.3 Å². The maximum absolute atomic E-state index is 12.7. The summed E-state index contributed by atoms with van der Waals surface area (Å²) in [5, 5.41) is 0. The van der Waals surface area contributed by atoms with Crippen LogP contribution in [0, 0.1) is 5.92 Å². The fourth-order valence-corrected chi connectivity index (χ4v) is 4.62. The molecule has 36 heavy (non-hydrogen) atoms. The fraction of sp³-hybridized carbons (Fsp3) is 1.00. The summed E-state index contributed by atoms with van der Waals surface area (Å²) in [6.07, 6.45) is 17.0. The van der Waals surface area contributed by atoms with E-state index in [9.17, 15) is 21.6 Å². The summed E-state index contributed by atoms with van der Waals surface area (Å²) >= 11 is 0. The van der Waals surface area contributed by atoms with Crippen LogP contribution in [0.3, 0.4) is 0 Å². The van der Waals surface area contributed by atoms with E-state index in [4.69, 9.17) is 9.47 Å². The average Bonchev–Trinajstić information content (AvgIpc) is 2.82. The summed E-state index contributed by atoms with van der Waals surface area (Å²) in [5.41, 5.74) is -5.43. The molecule has 0 saturated carbocycles. The van der Waals surface area contributed by atoms with Crippen molar-refractivity contribution >= 4 is 10.1 Å². The zero-order valence-corrected chi connectivity index (χ0v) is 24.1. The highest BCUT2D eigenvalue weighted by Gasteiger charge is 2.47. The third-order valence-corrected chi connectivity index (χ3v) is 7.44. The van der Waals surface area contributed by atoms with E-state index in [1.165, 1.54) is 51.4 Å². The summed E-state index contributed by atoms with van der Waals surface area (Å²) in [7, 11) is -5.63. The lowest BCUT2D eigenvalue weighted by molar-refractivity contribution is -0.107. The van der Waals surface area contributed by atoms with Crippen LogP contribution >= 0.6 is 0 Å². The molecule has 0 aromatic rings. The van der Waals surface area contributed by atoms with Crippen LogP contribution in [0.1, 0.15) is 130 Å². The molecule has 5 nitrogen and oxygen atoms in total. The highest BCUT2D eigenvalue weighted by atomic mass is 32.2. The third kappa shape index (κ3) is 17.2. The van der Waals surface area contributed by atoms with Gasteiger partial charge in [0.1, 0.15) is 0 Å². The van der Waals surface area contributed by atoms with E-state index in [0.29, 0.717) is 13.2 Å². The normalized spacial score (nSPS) is 15.2. The molecular weight excluding hydrogens is 493 g/mol. The molecule has 0 fully saturated rings. The van der Waals surface area contributed by atoms with Crippen molar-refractivity contribution in [1.82, 2.24) is 0 Å². The Morgan fingerprint density at radius 2 is 1.11 bits per heavy atom. The predicted octanol–water partition coefficient (Wildman–Crippen LogP) is 8.56. The van der Waals surface area contributed by atoms with Gasteiger partial charge in [-0.2, -0.15) is 21.6 Å². The molecule has 0 radical (unpaired) electrons. The van der Waals surface area contributed by atoms with Gasteiger partial charge in [0.05, 0.1) is 18.8 Å². The van der Waals surface area contributed by atoms with E-state index in [1.807, 2.05) is 6.92 Å². The Labute approximate surface area is 219 Å². The highest BCUT2D eigenvalue weighted by Crippen LogP contribution is 2.27. The van der Waals surface area contributed by atoms with Crippen molar-refractivity contribution in [2.24, 2.45) is 5.92 Å². The standard InChI is InChI=1S/C27H53F3O5S/c1-5-8-11-12-13-14-15-16-17-18-19-20-25(33-21-9-6-2)26(34-22-10-7-3)24(4)23-35-36(31,32)27(28,29)30/h24-26H,5-23H2,1-4H3/t24-,25+,26-/m0/s1. The number of hydrogen-bond donors (Lipinski definition) is 0. The molecule has 0 aliphatic carbocycles. The second kappa shape index (κ2) is 21.5. The van der Waals surface area contributed by atoms with Crippen molar-refractivity contribution < 1.29 is 35.2 Å². The molecule has 0 aliphatic heterocycles. The molecule has 0 rings (SSSR count). The van der Waals surface area contributed by atoms with Crippen LogP contribution in [0.5, 0.6) is 0 Å². The number of hydrogen-bond acceptors (Lipinski definition) is 5. The molecule has 0 amide bonds. The first-order chi connectivity index (χ1) is 17.1. The lowest BCUT2D eigenvalue weighted by Crippen LogP contribution is -2.40. The summed E-state index contributed by atoms with van der Waals surface area (Å²) in [4.78, 5) is 0. The number of halogens is 3. The first-order valence-corrected chi connectivity index (χ1v) is 15.7. The van der Waals surface area contributed by atoms with Crippen molar-refractivity contribution in [3.05, 3.63) is 0 Å². The molecule has 0 N–H and O–H groups in total. The third-order valence-electron chi connectivity index (χ3n) is 6.43. The van der Waals surface area contributed by atoms with E-state index >= 15 is 0 Å². The van der Waals surface area contributed by atoms with Crippen LogP contribution in [0.4, 0.5) is 13.2 Å². The SMILES string of the molecule is CCCCCCCCCCCCC[C@@H](OCCCC)[C@@H](OCCCC)[C@@H](C)COS(=O)(=O)C(F)(F)F. The predicted molar refractivity (Wildman–Crippen MR) is 140 cm³/mol. The minimum atomic E-state index is -5.63. The number of unbranched alkanes of at least 4 members (excludes halogenated alkanes) is 12. The fourth-order valence-electron chi connectivity index (χ4n) is 4.09. The van der Waals surface area contributed by atoms with Gasteiger partial charge in [0, 0.05) is 19.1 Å². The second-order valence-corrected chi connectivity index (χ2v) is 11.5. The zero-order chi connectivity index (χ0) is 27.3. The van der Waals surface area contributed by atoms with Crippen LogP contribution in [-0.4, -0.2) is 46.0 Å². The first-order valence-electron chi connectivity index (χ1n) is 14.3. The number of ether oxygens (including phenoxy) is 2. The van der Waals surface area contributed by atoms with Crippen LogP contribution in [0.25, 0.3) is 0 Å². The molecule has 0 aliphatic rings. The Kier molecular flexibility index (Phi) is 21.3. The lowest BCUT2D eigenvalue weighted by atomic mass is 9.95.